The predicted octanol–water partition coefficient (Wildman–Crippen LogP) is 2.82. The highest BCUT2D eigenvalue weighted by atomic mass is 16.5. The van der Waals surface area contributed by atoms with Gasteiger partial charge in [-0.1, -0.05) is 17.7 Å². The molecule has 1 aromatic rings. The van der Waals surface area contributed by atoms with Crippen LogP contribution >= 0.6 is 0 Å². The normalized spacial score (nSPS) is 16.6. The van der Waals surface area contributed by atoms with E-state index in [4.69, 9.17) is 4.74 Å². The number of Topliss-reactive ketones (excluding diaryl/α,β-unsaturated/α-hetero) is 1. The van der Waals surface area contributed by atoms with Gasteiger partial charge in [-0.3, -0.25) is 4.79 Å². The van der Waals surface area contributed by atoms with Crippen LogP contribution in [0.5, 0.6) is 5.75 Å². The Morgan fingerprint density at radius 1 is 1.11 bits per heavy atom. The summed E-state index contributed by atoms with van der Waals surface area (Å²) in [5, 5.41) is 0. The Bertz CT molecular complexity index is 390. The molecule has 0 bridgehead atoms. The first-order valence-electron chi connectivity index (χ1n) is 7.17. The lowest BCUT2D eigenvalue weighted by Gasteiger charge is -2.25. The second-order valence-corrected chi connectivity index (χ2v) is 5.25. The molecule has 1 aliphatic rings. The van der Waals surface area contributed by atoms with Gasteiger partial charge in [-0.2, -0.15) is 0 Å². The van der Waals surface area contributed by atoms with Crippen molar-refractivity contribution in [1.82, 2.24) is 4.90 Å². The fraction of sp³-hybridized carbons (Fsp3) is 0.562. The molecule has 1 heterocycles. The number of piperidine rings is 1. The molecule has 3 nitrogen and oxygen atoms in total. The molecule has 0 amide bonds. The number of benzene rings is 1. The highest BCUT2D eigenvalue weighted by molar-refractivity contribution is 5.79. The number of unbranched alkanes of at least 4 members (excludes halogenated alkanes) is 1. The first-order valence-corrected chi connectivity index (χ1v) is 7.17. The lowest BCUT2D eigenvalue weighted by atomic mass is 10.1. The molecular weight excluding hydrogens is 238 g/mol. The van der Waals surface area contributed by atoms with Gasteiger partial charge in [0.15, 0.2) is 0 Å². The number of ketones is 1. The number of rotatable bonds is 6. The molecule has 0 aromatic heterocycles. The van der Waals surface area contributed by atoms with E-state index in [0.29, 0.717) is 5.78 Å². The summed E-state index contributed by atoms with van der Waals surface area (Å²) in [7, 11) is 0. The van der Waals surface area contributed by atoms with Crippen molar-refractivity contribution < 1.29 is 9.53 Å². The van der Waals surface area contributed by atoms with E-state index in [9.17, 15) is 4.79 Å². The number of hydrogen-bond acceptors (Lipinski definition) is 3. The Morgan fingerprint density at radius 3 is 2.47 bits per heavy atom. The molecule has 2 rings (SSSR count). The van der Waals surface area contributed by atoms with Crippen molar-refractivity contribution in [3.63, 3.8) is 0 Å². The maximum atomic E-state index is 11.1. The van der Waals surface area contributed by atoms with E-state index >= 15 is 0 Å². The average molecular weight is 261 g/mol. The largest absolute Gasteiger partial charge is 0.494 e. The van der Waals surface area contributed by atoms with Gasteiger partial charge < -0.3 is 9.64 Å². The van der Waals surface area contributed by atoms with Crippen molar-refractivity contribution in [2.45, 2.75) is 32.6 Å². The number of ether oxygens (including phenoxy) is 1. The van der Waals surface area contributed by atoms with Gasteiger partial charge in [-0.15, -0.1) is 0 Å². The summed E-state index contributed by atoms with van der Waals surface area (Å²) in [5.41, 5.74) is 1.26. The minimum absolute atomic E-state index is 0.416. The SMILES string of the molecule is Cc1ccc(OCCCCN2CCC(=O)CC2)cc1. The van der Waals surface area contributed by atoms with Crippen LogP contribution in [0.25, 0.3) is 0 Å². The molecular formula is C16H23NO2. The first kappa shape index (κ1) is 14.1. The molecule has 1 saturated heterocycles. The zero-order chi connectivity index (χ0) is 13.5. The van der Waals surface area contributed by atoms with Crippen LogP contribution in [0.2, 0.25) is 0 Å². The van der Waals surface area contributed by atoms with Crippen LogP contribution in [0.15, 0.2) is 24.3 Å². The molecule has 0 atom stereocenters. The molecule has 19 heavy (non-hydrogen) atoms. The van der Waals surface area contributed by atoms with Gasteiger partial charge in [-0.25, -0.2) is 0 Å². The molecule has 0 N–H and O–H groups in total. The van der Waals surface area contributed by atoms with E-state index in [1.54, 1.807) is 0 Å². The van der Waals surface area contributed by atoms with E-state index in [2.05, 4.69) is 24.0 Å². The first-order chi connectivity index (χ1) is 9.24. The quantitative estimate of drug-likeness (QED) is 0.737. The Morgan fingerprint density at radius 2 is 1.79 bits per heavy atom. The third-order valence-corrected chi connectivity index (χ3v) is 3.57. The minimum Gasteiger partial charge on any atom is -0.494 e. The Hall–Kier alpha value is -1.35. The number of aryl methyl sites for hydroxylation is 1. The van der Waals surface area contributed by atoms with Crippen LogP contribution in [0.1, 0.15) is 31.2 Å². The lowest BCUT2D eigenvalue weighted by molar-refractivity contribution is -0.121. The highest BCUT2D eigenvalue weighted by Crippen LogP contribution is 2.12. The smallest absolute Gasteiger partial charge is 0.135 e. The number of carbonyl (C=O) groups is 1. The third-order valence-electron chi connectivity index (χ3n) is 3.57. The lowest BCUT2D eigenvalue weighted by Crippen LogP contribution is -2.34. The molecule has 0 radical (unpaired) electrons. The highest BCUT2D eigenvalue weighted by Gasteiger charge is 2.14. The Kier molecular flexibility index (Phi) is 5.40. The second kappa shape index (κ2) is 7.29. The molecule has 1 fully saturated rings. The topological polar surface area (TPSA) is 29.5 Å². The molecule has 104 valence electrons. The van der Waals surface area contributed by atoms with Crippen molar-refractivity contribution in [2.75, 3.05) is 26.2 Å². The molecule has 3 heteroatoms. The maximum Gasteiger partial charge on any atom is 0.135 e. The van der Waals surface area contributed by atoms with Crippen molar-refractivity contribution in [3.8, 4) is 5.75 Å². The molecule has 0 saturated carbocycles. The van der Waals surface area contributed by atoms with Crippen molar-refractivity contribution in [1.29, 1.82) is 0 Å². The fourth-order valence-corrected chi connectivity index (χ4v) is 2.29. The predicted molar refractivity (Wildman–Crippen MR) is 76.6 cm³/mol. The standard InChI is InChI=1S/C16H23NO2/c1-14-4-6-16(7-5-14)19-13-3-2-10-17-11-8-15(18)9-12-17/h4-7H,2-3,8-13H2,1H3. The zero-order valence-corrected chi connectivity index (χ0v) is 11.7. The van der Waals surface area contributed by atoms with E-state index in [1.807, 2.05) is 12.1 Å². The monoisotopic (exact) mass is 261 g/mol. The summed E-state index contributed by atoms with van der Waals surface area (Å²) in [5.74, 6) is 1.37. The number of nitrogens with zero attached hydrogens (tertiary/aromatic N) is 1. The minimum atomic E-state index is 0.416. The zero-order valence-electron chi connectivity index (χ0n) is 11.7. The summed E-state index contributed by atoms with van der Waals surface area (Å²) in [4.78, 5) is 13.5. The van der Waals surface area contributed by atoms with E-state index in [-0.39, 0.29) is 0 Å². The van der Waals surface area contributed by atoms with E-state index < -0.39 is 0 Å². The summed E-state index contributed by atoms with van der Waals surface area (Å²) in [6.07, 6.45) is 3.68. The van der Waals surface area contributed by atoms with Gasteiger partial charge in [0.2, 0.25) is 0 Å². The molecule has 0 aliphatic carbocycles. The van der Waals surface area contributed by atoms with Crippen molar-refractivity contribution >= 4 is 5.78 Å². The van der Waals surface area contributed by atoms with Crippen LogP contribution in [-0.2, 0) is 4.79 Å². The summed E-state index contributed by atoms with van der Waals surface area (Å²) in [6, 6.07) is 8.18. The molecule has 0 spiro atoms. The van der Waals surface area contributed by atoms with Crippen LogP contribution in [-0.4, -0.2) is 36.9 Å². The molecule has 1 aliphatic heterocycles. The maximum absolute atomic E-state index is 11.1. The average Bonchev–Trinajstić information content (AvgIpc) is 2.43. The molecule has 1 aromatic carbocycles. The Balaban J connectivity index is 1.55. The fourth-order valence-electron chi connectivity index (χ4n) is 2.29. The van der Waals surface area contributed by atoms with E-state index in [1.165, 1.54) is 5.56 Å². The van der Waals surface area contributed by atoms with Crippen LogP contribution in [0, 0.1) is 6.92 Å². The van der Waals surface area contributed by atoms with E-state index in [0.717, 1.165) is 57.7 Å². The number of likely N-dealkylation sites (tertiary alicyclic amines) is 1. The summed E-state index contributed by atoms with van der Waals surface area (Å²) in [6.45, 7) is 5.82. The van der Waals surface area contributed by atoms with Crippen molar-refractivity contribution in [3.05, 3.63) is 29.8 Å². The number of carbonyl (C=O) groups excluding carboxylic acids is 1. The van der Waals surface area contributed by atoms with Crippen LogP contribution in [0.4, 0.5) is 0 Å². The number of hydrogen-bond donors (Lipinski definition) is 0. The van der Waals surface area contributed by atoms with Crippen LogP contribution in [0.3, 0.4) is 0 Å². The van der Waals surface area contributed by atoms with Crippen LogP contribution < -0.4 is 4.74 Å². The van der Waals surface area contributed by atoms with Gasteiger partial charge in [-0.05, 0) is 38.4 Å². The summed E-state index contributed by atoms with van der Waals surface area (Å²) >= 11 is 0. The van der Waals surface area contributed by atoms with Gasteiger partial charge in [0.25, 0.3) is 0 Å². The summed E-state index contributed by atoms with van der Waals surface area (Å²) < 4.78 is 5.69. The van der Waals surface area contributed by atoms with Gasteiger partial charge in [0.05, 0.1) is 6.61 Å². The van der Waals surface area contributed by atoms with Gasteiger partial charge in [0.1, 0.15) is 11.5 Å². The van der Waals surface area contributed by atoms with Gasteiger partial charge in [0, 0.05) is 25.9 Å². The molecule has 0 unspecified atom stereocenters. The Labute approximate surface area is 115 Å². The second-order valence-electron chi connectivity index (χ2n) is 5.25. The third kappa shape index (κ3) is 5.03. The van der Waals surface area contributed by atoms with Gasteiger partial charge >= 0.3 is 0 Å². The van der Waals surface area contributed by atoms with Crippen molar-refractivity contribution in [2.24, 2.45) is 0 Å².